The molecule has 1 N–H and O–H groups in total. The molecule has 0 aromatic carbocycles. The van der Waals surface area contributed by atoms with Gasteiger partial charge in [-0.15, -0.1) is 0 Å². The van der Waals surface area contributed by atoms with Gasteiger partial charge in [0.05, 0.1) is 18.1 Å². The molecule has 6 nitrogen and oxygen atoms in total. The summed E-state index contributed by atoms with van der Waals surface area (Å²) in [5.41, 5.74) is 0.389. The number of pyridine rings is 1. The van der Waals surface area contributed by atoms with Crippen molar-refractivity contribution in [1.82, 2.24) is 19.8 Å². The normalized spacial score (nSPS) is 16.1. The second-order valence-corrected chi connectivity index (χ2v) is 6.45. The summed E-state index contributed by atoms with van der Waals surface area (Å²) in [4.78, 5) is 24.2. The summed E-state index contributed by atoms with van der Waals surface area (Å²) in [6.45, 7) is 1.59. The van der Waals surface area contributed by atoms with Crippen LogP contribution in [0, 0.1) is 0 Å². The van der Waals surface area contributed by atoms with E-state index in [2.05, 4.69) is 20.3 Å². The lowest BCUT2D eigenvalue weighted by Crippen LogP contribution is -2.36. The van der Waals surface area contributed by atoms with Gasteiger partial charge in [0.15, 0.2) is 0 Å². The summed E-state index contributed by atoms with van der Waals surface area (Å²) < 4.78 is 38.0. The van der Waals surface area contributed by atoms with E-state index in [-0.39, 0.29) is 5.95 Å². The van der Waals surface area contributed by atoms with Crippen molar-refractivity contribution in [1.29, 1.82) is 0 Å². The molecule has 2 aromatic heterocycles. The summed E-state index contributed by atoms with van der Waals surface area (Å²) in [6.07, 6.45) is 0.188. The van der Waals surface area contributed by atoms with Gasteiger partial charge in [-0.3, -0.25) is 4.98 Å². The van der Waals surface area contributed by atoms with Gasteiger partial charge in [0.2, 0.25) is 5.95 Å². The minimum absolute atomic E-state index is 0.0414. The molecule has 27 heavy (non-hydrogen) atoms. The molecule has 1 aliphatic heterocycles. The summed E-state index contributed by atoms with van der Waals surface area (Å²) in [7, 11) is 1.55. The van der Waals surface area contributed by atoms with Crippen LogP contribution in [0.15, 0.2) is 24.5 Å². The van der Waals surface area contributed by atoms with Crippen LogP contribution in [0.4, 0.5) is 24.8 Å². The second-order valence-electron chi connectivity index (χ2n) is 6.09. The lowest BCUT2D eigenvalue weighted by molar-refractivity contribution is -0.137. The number of anilines is 2. The van der Waals surface area contributed by atoms with Gasteiger partial charge in [-0.25, -0.2) is 9.97 Å². The highest BCUT2D eigenvalue weighted by atomic mass is 35.5. The second kappa shape index (κ2) is 8.22. The molecule has 1 radical (unpaired) electrons. The molecule has 0 unspecified atom stereocenters. The van der Waals surface area contributed by atoms with Gasteiger partial charge < -0.3 is 14.9 Å². The Balaban J connectivity index is 1.63. The molecule has 0 spiro atoms. The first-order valence-corrected chi connectivity index (χ1v) is 8.60. The first-order valence-electron chi connectivity index (χ1n) is 8.22. The minimum Gasteiger partial charge on any atom is -0.340 e. The van der Waals surface area contributed by atoms with E-state index in [1.165, 1.54) is 0 Å². The van der Waals surface area contributed by atoms with E-state index in [0.29, 0.717) is 17.8 Å². The Morgan fingerprint density at radius 2 is 1.96 bits per heavy atom. The molecule has 0 amide bonds. The van der Waals surface area contributed by atoms with Gasteiger partial charge in [0.1, 0.15) is 10.7 Å². The first-order chi connectivity index (χ1) is 12.9. The Morgan fingerprint density at radius 1 is 1.22 bits per heavy atom. The third-order valence-corrected chi connectivity index (χ3v) is 4.60. The average Bonchev–Trinajstić information content (AvgIpc) is 2.62. The lowest BCUT2D eigenvalue weighted by Gasteiger charge is -2.30. The van der Waals surface area contributed by atoms with Crippen LogP contribution in [-0.2, 0) is 11.0 Å². The van der Waals surface area contributed by atoms with E-state index in [1.54, 1.807) is 19.7 Å². The van der Waals surface area contributed by atoms with Crippen molar-refractivity contribution in [2.45, 2.75) is 24.9 Å². The number of carbonyl (C=O) groups is 1. The Labute approximate surface area is 159 Å². The van der Waals surface area contributed by atoms with Crippen LogP contribution in [0.1, 0.15) is 30.0 Å². The van der Waals surface area contributed by atoms with E-state index in [0.717, 1.165) is 37.8 Å². The number of aromatic nitrogens is 3. The number of nitrogens with zero attached hydrogens (tertiary/aromatic N) is 4. The van der Waals surface area contributed by atoms with Gasteiger partial charge in [-0.05, 0) is 38.1 Å². The van der Waals surface area contributed by atoms with Crippen molar-refractivity contribution < 1.29 is 18.0 Å². The maximum atomic E-state index is 12.7. The highest BCUT2D eigenvalue weighted by Gasteiger charge is 2.34. The number of nitrogens with one attached hydrogen (secondary N) is 1. The van der Waals surface area contributed by atoms with Crippen LogP contribution < -0.4 is 5.32 Å². The highest BCUT2D eigenvalue weighted by molar-refractivity contribution is 6.64. The standard InChI is InChI=1S/C16H15BClF3N5O/c18-14-12(16(19,20)21)8-23-15(25-14)24-11-1-2-13(22-7-11)10-3-5-26(6-4-10)17-9-27/h1-2,7-10H,3-6H2,(H,23,24,25). The van der Waals surface area contributed by atoms with Crippen molar-refractivity contribution >= 4 is 36.8 Å². The Bertz CT molecular complexity index is 798. The van der Waals surface area contributed by atoms with Crippen molar-refractivity contribution in [3.63, 3.8) is 0 Å². The fraction of sp³-hybridized carbons (Fsp3) is 0.375. The Kier molecular flexibility index (Phi) is 5.96. The van der Waals surface area contributed by atoms with Gasteiger partial charge >= 0.3 is 6.18 Å². The number of hydrogen-bond donors (Lipinski definition) is 1. The highest BCUT2D eigenvalue weighted by Crippen LogP contribution is 2.33. The fourth-order valence-corrected chi connectivity index (χ4v) is 3.13. The molecule has 2 aromatic rings. The topological polar surface area (TPSA) is 71.0 Å². The SMILES string of the molecule is O=C[B]N1CCC(c2ccc(Nc3ncc(C(F)(F)F)c(Cl)n3)cn2)CC1. The van der Waals surface area contributed by atoms with E-state index in [1.807, 2.05) is 10.9 Å². The Hall–Kier alpha value is -2.20. The minimum atomic E-state index is -4.60. The zero-order chi connectivity index (χ0) is 19.4. The van der Waals surface area contributed by atoms with Gasteiger partial charge in [-0.1, -0.05) is 11.6 Å². The van der Waals surface area contributed by atoms with E-state index >= 15 is 0 Å². The number of piperidine rings is 1. The number of carbonyl (C=O) groups excluding carboxylic acids is 1. The smallest absolute Gasteiger partial charge is 0.340 e. The summed E-state index contributed by atoms with van der Waals surface area (Å²) >= 11 is 5.59. The predicted octanol–water partition coefficient (Wildman–Crippen LogP) is 3.28. The van der Waals surface area contributed by atoms with Crippen LogP contribution in [-0.4, -0.2) is 46.5 Å². The average molecular weight is 397 g/mol. The molecule has 1 aliphatic rings. The summed E-state index contributed by atoms with van der Waals surface area (Å²) in [6, 6.07) is 3.62. The zero-order valence-electron chi connectivity index (χ0n) is 14.1. The van der Waals surface area contributed by atoms with Gasteiger partial charge in [0.25, 0.3) is 7.41 Å². The van der Waals surface area contributed by atoms with Crippen LogP contribution in [0.3, 0.4) is 0 Å². The number of alkyl halides is 3. The maximum Gasteiger partial charge on any atom is 0.420 e. The fourth-order valence-electron chi connectivity index (χ4n) is 2.89. The summed E-state index contributed by atoms with van der Waals surface area (Å²) in [5.74, 6) is 0.257. The third kappa shape index (κ3) is 4.95. The molecular weight excluding hydrogens is 381 g/mol. The molecule has 141 valence electrons. The number of halogens is 4. The van der Waals surface area contributed by atoms with Crippen LogP contribution in [0.25, 0.3) is 0 Å². The van der Waals surface area contributed by atoms with Crippen LogP contribution in [0.2, 0.25) is 5.15 Å². The largest absolute Gasteiger partial charge is 0.420 e. The molecule has 0 aliphatic carbocycles. The monoisotopic (exact) mass is 396 g/mol. The van der Waals surface area contributed by atoms with Crippen LogP contribution in [0.5, 0.6) is 0 Å². The molecule has 0 atom stereocenters. The van der Waals surface area contributed by atoms with Gasteiger partial charge in [0, 0.05) is 17.8 Å². The van der Waals surface area contributed by atoms with Crippen molar-refractivity contribution in [3.8, 4) is 0 Å². The maximum absolute atomic E-state index is 12.7. The van der Waals surface area contributed by atoms with E-state index in [9.17, 15) is 18.0 Å². The van der Waals surface area contributed by atoms with Crippen LogP contribution >= 0.6 is 11.6 Å². The molecule has 1 fully saturated rings. The van der Waals surface area contributed by atoms with Crippen molar-refractivity contribution in [2.24, 2.45) is 0 Å². The molecule has 0 saturated carbocycles. The van der Waals surface area contributed by atoms with E-state index < -0.39 is 16.9 Å². The van der Waals surface area contributed by atoms with E-state index in [4.69, 9.17) is 11.6 Å². The zero-order valence-corrected chi connectivity index (χ0v) is 14.8. The molecule has 3 rings (SSSR count). The first kappa shape index (κ1) is 19.6. The molecule has 0 bridgehead atoms. The molecule has 3 heterocycles. The summed E-state index contributed by atoms with van der Waals surface area (Å²) in [5, 5.41) is 2.13. The van der Waals surface area contributed by atoms with Gasteiger partial charge in [-0.2, -0.15) is 13.2 Å². The lowest BCUT2D eigenvalue weighted by atomic mass is 9.86. The van der Waals surface area contributed by atoms with Crippen molar-refractivity contribution in [2.75, 3.05) is 18.4 Å². The molecule has 1 saturated heterocycles. The molecule has 11 heteroatoms. The third-order valence-electron chi connectivity index (χ3n) is 4.31. The number of rotatable bonds is 5. The Morgan fingerprint density at radius 3 is 2.52 bits per heavy atom. The quantitative estimate of drug-likeness (QED) is 0.475. The molecular formula is C16H15BClF3N5O. The number of hydrogen-bond acceptors (Lipinski definition) is 6. The van der Waals surface area contributed by atoms with Crippen molar-refractivity contribution in [3.05, 3.63) is 40.9 Å². The predicted molar refractivity (Wildman–Crippen MR) is 95.6 cm³/mol.